The maximum absolute atomic E-state index is 12.1. The molecule has 0 spiro atoms. The van der Waals surface area contributed by atoms with Gasteiger partial charge in [0.05, 0.1) is 6.61 Å². The van der Waals surface area contributed by atoms with E-state index in [0.717, 1.165) is 42.0 Å². The summed E-state index contributed by atoms with van der Waals surface area (Å²) in [5.74, 6) is 0.741. The van der Waals surface area contributed by atoms with Crippen molar-refractivity contribution in [2.75, 3.05) is 11.9 Å². The van der Waals surface area contributed by atoms with E-state index in [0.29, 0.717) is 10.6 Å². The van der Waals surface area contributed by atoms with Crippen molar-refractivity contribution in [2.45, 2.75) is 19.8 Å². The summed E-state index contributed by atoms with van der Waals surface area (Å²) < 4.78 is 5.65. The van der Waals surface area contributed by atoms with Crippen molar-refractivity contribution < 1.29 is 9.53 Å². The van der Waals surface area contributed by atoms with Gasteiger partial charge >= 0.3 is 0 Å². The fourth-order valence-corrected chi connectivity index (χ4v) is 2.64. The fourth-order valence-electron chi connectivity index (χ4n) is 2.46. The molecule has 0 saturated heterocycles. The summed E-state index contributed by atoms with van der Waals surface area (Å²) in [7, 11) is 0. The lowest BCUT2D eigenvalue weighted by atomic mass is 10.0. The van der Waals surface area contributed by atoms with Crippen LogP contribution in [0.25, 0.3) is 11.6 Å². The van der Waals surface area contributed by atoms with Crippen molar-refractivity contribution in [3.8, 4) is 5.75 Å². The van der Waals surface area contributed by atoms with Gasteiger partial charge < -0.3 is 10.1 Å². The van der Waals surface area contributed by atoms with Crippen LogP contribution in [0.1, 0.15) is 30.9 Å². The standard InChI is InChI=1S/C19H18ClNO2/c1-2-3-10-23-15-7-4-13(5-8-15)11-17-16-12-14(20)6-9-18(16)21-19(17)22/h4-9,11-12H,2-3,10H2,1H3,(H,21,22)/b17-11+. The van der Waals surface area contributed by atoms with E-state index in [4.69, 9.17) is 16.3 Å². The van der Waals surface area contributed by atoms with Crippen LogP contribution in [0.2, 0.25) is 5.02 Å². The number of rotatable bonds is 5. The van der Waals surface area contributed by atoms with Crippen LogP contribution in [-0.2, 0) is 4.79 Å². The number of nitrogens with one attached hydrogen (secondary N) is 1. The molecule has 0 aromatic heterocycles. The summed E-state index contributed by atoms with van der Waals surface area (Å²) >= 11 is 6.04. The highest BCUT2D eigenvalue weighted by Gasteiger charge is 2.24. The summed E-state index contributed by atoms with van der Waals surface area (Å²) in [6.07, 6.45) is 4.03. The summed E-state index contributed by atoms with van der Waals surface area (Å²) in [6, 6.07) is 13.1. The van der Waals surface area contributed by atoms with Crippen LogP contribution in [-0.4, -0.2) is 12.5 Å². The molecule has 3 rings (SSSR count). The van der Waals surface area contributed by atoms with Gasteiger partial charge in [-0.15, -0.1) is 0 Å². The lowest BCUT2D eigenvalue weighted by Crippen LogP contribution is -2.03. The summed E-state index contributed by atoms with van der Waals surface area (Å²) in [5.41, 5.74) is 3.21. The Morgan fingerprint density at radius 2 is 1.96 bits per heavy atom. The second-order valence-corrected chi connectivity index (χ2v) is 5.91. The van der Waals surface area contributed by atoms with E-state index in [1.807, 2.05) is 42.5 Å². The SMILES string of the molecule is CCCCOc1ccc(/C=C2/C(=O)Nc3ccc(Cl)cc32)cc1. The third-order valence-corrected chi connectivity index (χ3v) is 3.96. The van der Waals surface area contributed by atoms with Crippen molar-refractivity contribution in [1.29, 1.82) is 0 Å². The molecule has 0 bridgehead atoms. The number of hydrogen-bond donors (Lipinski definition) is 1. The predicted octanol–water partition coefficient (Wildman–Crippen LogP) is 5.01. The van der Waals surface area contributed by atoms with Crippen molar-refractivity contribution in [2.24, 2.45) is 0 Å². The molecule has 1 aliphatic rings. The monoisotopic (exact) mass is 327 g/mol. The Kier molecular flexibility index (Phi) is 4.68. The zero-order chi connectivity index (χ0) is 16.2. The van der Waals surface area contributed by atoms with Gasteiger partial charge in [-0.3, -0.25) is 4.79 Å². The Balaban J connectivity index is 1.82. The number of carbonyl (C=O) groups excluding carboxylic acids is 1. The molecule has 118 valence electrons. The second kappa shape index (κ2) is 6.88. The molecule has 1 N–H and O–H groups in total. The molecule has 0 fully saturated rings. The van der Waals surface area contributed by atoms with Crippen molar-refractivity contribution in [3.05, 3.63) is 58.6 Å². The number of carbonyl (C=O) groups is 1. The van der Waals surface area contributed by atoms with E-state index in [2.05, 4.69) is 12.2 Å². The van der Waals surface area contributed by atoms with Crippen LogP contribution >= 0.6 is 11.6 Å². The molecule has 0 unspecified atom stereocenters. The molecule has 1 amide bonds. The highest BCUT2D eigenvalue weighted by molar-refractivity contribution is 6.36. The van der Waals surface area contributed by atoms with Crippen LogP contribution in [0.15, 0.2) is 42.5 Å². The van der Waals surface area contributed by atoms with Crippen molar-refractivity contribution in [1.82, 2.24) is 0 Å². The molecule has 0 radical (unpaired) electrons. The lowest BCUT2D eigenvalue weighted by molar-refractivity contribution is -0.110. The van der Waals surface area contributed by atoms with Gasteiger partial charge in [-0.2, -0.15) is 0 Å². The van der Waals surface area contributed by atoms with Crippen LogP contribution in [0, 0.1) is 0 Å². The topological polar surface area (TPSA) is 38.3 Å². The summed E-state index contributed by atoms with van der Waals surface area (Å²) in [4.78, 5) is 12.1. The van der Waals surface area contributed by atoms with Gasteiger partial charge in [0.2, 0.25) is 0 Å². The zero-order valence-corrected chi connectivity index (χ0v) is 13.7. The smallest absolute Gasteiger partial charge is 0.256 e. The van der Waals surface area contributed by atoms with Crippen molar-refractivity contribution in [3.63, 3.8) is 0 Å². The maximum atomic E-state index is 12.1. The van der Waals surface area contributed by atoms with Crippen LogP contribution < -0.4 is 10.1 Å². The predicted molar refractivity (Wildman–Crippen MR) is 94.8 cm³/mol. The minimum Gasteiger partial charge on any atom is -0.494 e. The van der Waals surface area contributed by atoms with Gasteiger partial charge in [-0.05, 0) is 48.4 Å². The minimum atomic E-state index is -0.106. The Labute approximate surface area is 140 Å². The Morgan fingerprint density at radius 1 is 1.17 bits per heavy atom. The second-order valence-electron chi connectivity index (χ2n) is 5.47. The van der Waals surface area contributed by atoms with Crippen LogP contribution in [0.3, 0.4) is 0 Å². The van der Waals surface area contributed by atoms with E-state index >= 15 is 0 Å². The largest absolute Gasteiger partial charge is 0.494 e. The van der Waals surface area contributed by atoms with E-state index in [1.54, 1.807) is 6.07 Å². The number of ether oxygens (including phenoxy) is 1. The first-order valence-electron chi connectivity index (χ1n) is 7.73. The molecule has 1 heterocycles. The third-order valence-electron chi connectivity index (χ3n) is 3.72. The lowest BCUT2D eigenvalue weighted by Gasteiger charge is -2.05. The maximum Gasteiger partial charge on any atom is 0.256 e. The zero-order valence-electron chi connectivity index (χ0n) is 12.9. The Morgan fingerprint density at radius 3 is 2.70 bits per heavy atom. The average Bonchev–Trinajstić information content (AvgIpc) is 2.85. The molecule has 1 aliphatic heterocycles. The first kappa shape index (κ1) is 15.6. The number of unbranched alkanes of at least 4 members (excludes halogenated alkanes) is 1. The highest BCUT2D eigenvalue weighted by Crippen LogP contribution is 2.35. The Bertz CT molecular complexity index is 750. The molecule has 0 atom stereocenters. The molecular weight excluding hydrogens is 310 g/mol. The number of anilines is 1. The number of benzene rings is 2. The number of amides is 1. The molecular formula is C19H18ClNO2. The van der Waals surface area contributed by atoms with Crippen molar-refractivity contribution >= 4 is 34.8 Å². The molecule has 0 saturated carbocycles. The first-order chi connectivity index (χ1) is 11.2. The normalized spacial score (nSPS) is 14.7. The average molecular weight is 328 g/mol. The Hall–Kier alpha value is -2.26. The summed E-state index contributed by atoms with van der Waals surface area (Å²) in [6.45, 7) is 2.86. The first-order valence-corrected chi connectivity index (χ1v) is 8.11. The molecule has 4 heteroatoms. The quantitative estimate of drug-likeness (QED) is 0.619. The molecule has 23 heavy (non-hydrogen) atoms. The van der Waals surface area contributed by atoms with Gasteiger partial charge in [0, 0.05) is 21.8 Å². The molecule has 2 aromatic rings. The highest BCUT2D eigenvalue weighted by atomic mass is 35.5. The van der Waals surface area contributed by atoms with Gasteiger partial charge in [-0.1, -0.05) is 37.1 Å². The van der Waals surface area contributed by atoms with Crippen LogP contribution in [0.5, 0.6) is 5.75 Å². The van der Waals surface area contributed by atoms with E-state index in [-0.39, 0.29) is 5.91 Å². The van der Waals surface area contributed by atoms with E-state index in [9.17, 15) is 4.79 Å². The van der Waals surface area contributed by atoms with Gasteiger partial charge in [0.25, 0.3) is 5.91 Å². The fraction of sp³-hybridized carbons (Fsp3) is 0.211. The van der Waals surface area contributed by atoms with E-state index < -0.39 is 0 Å². The van der Waals surface area contributed by atoms with Gasteiger partial charge in [-0.25, -0.2) is 0 Å². The third kappa shape index (κ3) is 3.57. The van der Waals surface area contributed by atoms with E-state index in [1.165, 1.54) is 0 Å². The van der Waals surface area contributed by atoms with Crippen LogP contribution in [0.4, 0.5) is 5.69 Å². The number of hydrogen-bond acceptors (Lipinski definition) is 2. The molecule has 0 aliphatic carbocycles. The number of fused-ring (bicyclic) bond motifs is 1. The summed E-state index contributed by atoms with van der Waals surface area (Å²) in [5, 5.41) is 3.47. The number of halogens is 1. The molecule has 2 aromatic carbocycles. The van der Waals surface area contributed by atoms with Gasteiger partial charge in [0.15, 0.2) is 0 Å². The minimum absolute atomic E-state index is 0.106. The van der Waals surface area contributed by atoms with Gasteiger partial charge in [0.1, 0.15) is 5.75 Å². The molecule has 3 nitrogen and oxygen atoms in total.